The number of hydrogen-bond donors (Lipinski definition) is 2. The van der Waals surface area contributed by atoms with Gasteiger partial charge in [-0.05, 0) is 12.2 Å². The Bertz CT molecular complexity index is 256. The molecule has 2 fully saturated rings. The molecule has 2 rings (SSSR count). The van der Waals surface area contributed by atoms with E-state index in [1.54, 1.807) is 11.8 Å². The van der Waals surface area contributed by atoms with Gasteiger partial charge in [0.1, 0.15) is 5.54 Å². The predicted octanol–water partition coefficient (Wildman–Crippen LogP) is 0.240. The topological polar surface area (TPSA) is 52.6 Å². The first-order valence-corrected chi connectivity index (χ1v) is 6.53. The van der Waals surface area contributed by atoms with E-state index in [9.17, 15) is 9.90 Å². The number of thioether (sulfide) groups is 1. The molecule has 0 amide bonds. The summed E-state index contributed by atoms with van der Waals surface area (Å²) in [5, 5.41) is 13.0. The van der Waals surface area contributed by atoms with E-state index in [2.05, 4.69) is 10.2 Å². The van der Waals surface area contributed by atoms with Gasteiger partial charge >= 0.3 is 5.97 Å². The highest BCUT2D eigenvalue weighted by Gasteiger charge is 2.52. The van der Waals surface area contributed by atoms with Crippen molar-refractivity contribution < 1.29 is 9.90 Å². The van der Waals surface area contributed by atoms with E-state index in [0.29, 0.717) is 0 Å². The minimum atomic E-state index is -0.637. The summed E-state index contributed by atoms with van der Waals surface area (Å²) in [6, 6.07) is 0. The van der Waals surface area contributed by atoms with Gasteiger partial charge in [-0.3, -0.25) is 9.69 Å². The molecule has 0 aliphatic carbocycles. The molecule has 2 heterocycles. The van der Waals surface area contributed by atoms with Crippen molar-refractivity contribution in [3.8, 4) is 0 Å². The lowest BCUT2D eigenvalue weighted by Crippen LogP contribution is -2.62. The molecule has 0 aromatic carbocycles. The second-order valence-corrected chi connectivity index (χ2v) is 5.68. The molecular formula is C10H18N2O2S. The van der Waals surface area contributed by atoms with Gasteiger partial charge in [-0.25, -0.2) is 0 Å². The Labute approximate surface area is 94.4 Å². The smallest absolute Gasteiger partial charge is 0.325 e. The summed E-state index contributed by atoms with van der Waals surface area (Å²) in [6.07, 6.45) is 0.786. The molecule has 0 aromatic rings. The van der Waals surface area contributed by atoms with Crippen molar-refractivity contribution in [3.05, 3.63) is 0 Å². The van der Waals surface area contributed by atoms with Crippen LogP contribution < -0.4 is 5.32 Å². The lowest BCUT2D eigenvalue weighted by molar-refractivity contribution is -0.151. The van der Waals surface area contributed by atoms with Gasteiger partial charge < -0.3 is 10.4 Å². The van der Waals surface area contributed by atoms with Crippen LogP contribution in [0.2, 0.25) is 0 Å². The molecule has 15 heavy (non-hydrogen) atoms. The summed E-state index contributed by atoms with van der Waals surface area (Å²) < 4.78 is 0. The minimum absolute atomic E-state index is 0.202. The quantitative estimate of drug-likeness (QED) is 0.712. The van der Waals surface area contributed by atoms with E-state index >= 15 is 0 Å². The van der Waals surface area contributed by atoms with Crippen LogP contribution >= 0.6 is 11.8 Å². The van der Waals surface area contributed by atoms with E-state index in [1.807, 2.05) is 6.92 Å². The van der Waals surface area contributed by atoms with E-state index < -0.39 is 11.5 Å². The summed E-state index contributed by atoms with van der Waals surface area (Å²) in [4.78, 5) is 13.7. The first-order valence-electron chi connectivity index (χ1n) is 5.48. The lowest BCUT2D eigenvalue weighted by Gasteiger charge is -2.42. The molecular weight excluding hydrogens is 212 g/mol. The van der Waals surface area contributed by atoms with Crippen LogP contribution in [0, 0.1) is 0 Å². The summed E-state index contributed by atoms with van der Waals surface area (Å²) in [7, 11) is 0. The van der Waals surface area contributed by atoms with E-state index in [-0.39, 0.29) is 5.25 Å². The van der Waals surface area contributed by atoms with Crippen LogP contribution in [0.1, 0.15) is 13.3 Å². The summed E-state index contributed by atoms with van der Waals surface area (Å²) >= 11 is 1.78. The molecule has 2 unspecified atom stereocenters. The molecule has 0 radical (unpaired) electrons. The van der Waals surface area contributed by atoms with Gasteiger partial charge in [0.25, 0.3) is 0 Å². The van der Waals surface area contributed by atoms with Crippen LogP contribution in [0.5, 0.6) is 0 Å². The van der Waals surface area contributed by atoms with Gasteiger partial charge in [0.15, 0.2) is 0 Å². The number of nitrogens with one attached hydrogen (secondary N) is 1. The zero-order chi connectivity index (χ0) is 10.9. The number of nitrogens with zero attached hydrogens (tertiary/aromatic N) is 1. The molecule has 2 aliphatic heterocycles. The number of carboxylic acid groups (broad SMARTS) is 1. The third kappa shape index (κ3) is 1.77. The van der Waals surface area contributed by atoms with E-state index in [4.69, 9.17) is 0 Å². The Morgan fingerprint density at radius 1 is 1.53 bits per heavy atom. The van der Waals surface area contributed by atoms with Gasteiger partial charge in [-0.2, -0.15) is 11.8 Å². The fourth-order valence-electron chi connectivity index (χ4n) is 2.63. The number of rotatable bonds is 2. The fraction of sp³-hybridized carbons (Fsp3) is 0.900. The Morgan fingerprint density at radius 2 is 2.20 bits per heavy atom. The summed E-state index contributed by atoms with van der Waals surface area (Å²) in [6.45, 7) is 5.58. The van der Waals surface area contributed by atoms with Crippen molar-refractivity contribution >= 4 is 17.7 Å². The fourth-order valence-corrected chi connectivity index (χ4v) is 4.05. The van der Waals surface area contributed by atoms with E-state index in [0.717, 1.165) is 38.4 Å². The van der Waals surface area contributed by atoms with Crippen molar-refractivity contribution in [2.75, 3.05) is 31.9 Å². The molecule has 86 valence electrons. The largest absolute Gasteiger partial charge is 0.480 e. The van der Waals surface area contributed by atoms with Crippen molar-refractivity contribution in [1.82, 2.24) is 10.2 Å². The number of carboxylic acids is 1. The zero-order valence-corrected chi connectivity index (χ0v) is 9.85. The first kappa shape index (κ1) is 11.2. The molecule has 2 saturated heterocycles. The van der Waals surface area contributed by atoms with Gasteiger partial charge in [0.2, 0.25) is 0 Å². The van der Waals surface area contributed by atoms with Crippen molar-refractivity contribution in [3.63, 3.8) is 0 Å². The van der Waals surface area contributed by atoms with Crippen molar-refractivity contribution in [2.45, 2.75) is 24.1 Å². The van der Waals surface area contributed by atoms with Crippen LogP contribution in [0.4, 0.5) is 0 Å². The van der Waals surface area contributed by atoms with E-state index in [1.165, 1.54) is 0 Å². The monoisotopic (exact) mass is 230 g/mol. The zero-order valence-electron chi connectivity index (χ0n) is 9.03. The molecule has 0 bridgehead atoms. The maximum atomic E-state index is 11.6. The van der Waals surface area contributed by atoms with Gasteiger partial charge in [0.05, 0.1) is 0 Å². The summed E-state index contributed by atoms with van der Waals surface area (Å²) in [5.41, 5.74) is -0.604. The average Bonchev–Trinajstić information content (AvgIpc) is 2.62. The van der Waals surface area contributed by atoms with Gasteiger partial charge in [-0.15, -0.1) is 0 Å². The molecule has 2 N–H and O–H groups in total. The Balaban J connectivity index is 2.21. The molecule has 0 saturated carbocycles. The number of piperazine rings is 1. The van der Waals surface area contributed by atoms with Crippen molar-refractivity contribution in [2.24, 2.45) is 0 Å². The highest BCUT2D eigenvalue weighted by molar-refractivity contribution is 8.00. The molecule has 0 spiro atoms. The second-order valence-electron chi connectivity index (χ2n) is 4.23. The molecule has 4 nitrogen and oxygen atoms in total. The number of aliphatic carboxylic acids is 1. The normalized spacial score (nSPS) is 38.1. The first-order chi connectivity index (χ1) is 7.18. The summed E-state index contributed by atoms with van der Waals surface area (Å²) in [5.74, 6) is 0.333. The molecule has 0 aromatic heterocycles. The SMILES string of the molecule is CC1SCCC1(C(=O)O)N1CCNCC1. The number of carbonyl (C=O) groups is 1. The third-order valence-electron chi connectivity index (χ3n) is 3.58. The van der Waals surface area contributed by atoms with Crippen LogP contribution in [-0.2, 0) is 4.79 Å². The highest BCUT2D eigenvalue weighted by Crippen LogP contribution is 2.40. The lowest BCUT2D eigenvalue weighted by atomic mass is 9.90. The molecule has 5 heteroatoms. The van der Waals surface area contributed by atoms with Crippen LogP contribution in [0.15, 0.2) is 0 Å². The van der Waals surface area contributed by atoms with Gasteiger partial charge in [-0.1, -0.05) is 6.92 Å². The third-order valence-corrected chi connectivity index (χ3v) is 4.90. The van der Waals surface area contributed by atoms with Crippen molar-refractivity contribution in [1.29, 1.82) is 0 Å². The Morgan fingerprint density at radius 3 is 2.67 bits per heavy atom. The maximum absolute atomic E-state index is 11.6. The Kier molecular flexibility index (Phi) is 3.23. The average molecular weight is 230 g/mol. The molecule has 2 atom stereocenters. The second kappa shape index (κ2) is 4.31. The predicted molar refractivity (Wildman–Crippen MR) is 61.3 cm³/mol. The van der Waals surface area contributed by atoms with Crippen LogP contribution in [-0.4, -0.2) is 58.7 Å². The van der Waals surface area contributed by atoms with Crippen LogP contribution in [0.3, 0.4) is 0 Å². The van der Waals surface area contributed by atoms with Gasteiger partial charge in [0, 0.05) is 31.4 Å². The highest BCUT2D eigenvalue weighted by atomic mass is 32.2. The standard InChI is InChI=1S/C10H18N2O2S/c1-8-10(9(13)14,2-7-15-8)12-5-3-11-4-6-12/h8,11H,2-7H2,1H3,(H,13,14). The molecule has 2 aliphatic rings. The Hall–Kier alpha value is -0.260. The maximum Gasteiger partial charge on any atom is 0.325 e. The van der Waals surface area contributed by atoms with Crippen LogP contribution in [0.25, 0.3) is 0 Å². The minimum Gasteiger partial charge on any atom is -0.480 e. The number of hydrogen-bond acceptors (Lipinski definition) is 4.